The second kappa shape index (κ2) is 5.00. The lowest BCUT2D eigenvalue weighted by molar-refractivity contribution is -0.140. The first-order valence-electron chi connectivity index (χ1n) is 6.68. The molecule has 1 unspecified atom stereocenters. The predicted octanol–water partition coefficient (Wildman–Crippen LogP) is 2.33. The van der Waals surface area contributed by atoms with E-state index in [1.807, 2.05) is 42.1 Å². The van der Waals surface area contributed by atoms with E-state index in [0.717, 1.165) is 29.9 Å². The molecular weight excluding hydrogens is 258 g/mol. The van der Waals surface area contributed by atoms with Crippen molar-refractivity contribution in [3.05, 3.63) is 35.9 Å². The van der Waals surface area contributed by atoms with E-state index in [0.29, 0.717) is 6.42 Å². The first-order valence-corrected chi connectivity index (χ1v) is 7.83. The number of hydrogen-bond acceptors (Lipinski definition) is 3. The van der Waals surface area contributed by atoms with Gasteiger partial charge in [0.05, 0.1) is 5.92 Å². The zero-order valence-electron chi connectivity index (χ0n) is 10.7. The van der Waals surface area contributed by atoms with Crippen molar-refractivity contribution in [3.63, 3.8) is 0 Å². The standard InChI is InChI=1S/C15H17NO2S/c17-12-10-15(6-8-19-9-7-15)13(14(18)16-12)11-4-2-1-3-5-11/h1-5,13H,6-10H2,(H,16,17,18). The summed E-state index contributed by atoms with van der Waals surface area (Å²) in [5.74, 6) is 1.69. The molecule has 0 saturated carbocycles. The van der Waals surface area contributed by atoms with E-state index >= 15 is 0 Å². The van der Waals surface area contributed by atoms with E-state index in [1.165, 1.54) is 0 Å². The van der Waals surface area contributed by atoms with Crippen LogP contribution in [0.1, 0.15) is 30.7 Å². The number of thioether (sulfide) groups is 1. The van der Waals surface area contributed by atoms with Crippen LogP contribution in [0.4, 0.5) is 0 Å². The summed E-state index contributed by atoms with van der Waals surface area (Å²) >= 11 is 1.92. The summed E-state index contributed by atoms with van der Waals surface area (Å²) in [6.07, 6.45) is 2.39. The van der Waals surface area contributed by atoms with Gasteiger partial charge in [-0.2, -0.15) is 11.8 Å². The topological polar surface area (TPSA) is 46.2 Å². The molecule has 2 amide bonds. The Kier molecular flexibility index (Phi) is 3.35. The maximum absolute atomic E-state index is 12.3. The minimum atomic E-state index is -0.174. The summed E-state index contributed by atoms with van der Waals surface area (Å²) in [5, 5.41) is 2.51. The van der Waals surface area contributed by atoms with Gasteiger partial charge in [0, 0.05) is 6.42 Å². The summed E-state index contributed by atoms with van der Waals surface area (Å²) in [4.78, 5) is 24.1. The van der Waals surface area contributed by atoms with Gasteiger partial charge >= 0.3 is 0 Å². The van der Waals surface area contributed by atoms with Gasteiger partial charge in [-0.1, -0.05) is 30.3 Å². The molecule has 4 heteroatoms. The van der Waals surface area contributed by atoms with E-state index in [2.05, 4.69) is 5.32 Å². The van der Waals surface area contributed by atoms with Crippen LogP contribution in [0.3, 0.4) is 0 Å². The highest BCUT2D eigenvalue weighted by Gasteiger charge is 2.49. The molecule has 3 nitrogen and oxygen atoms in total. The fourth-order valence-corrected chi connectivity index (χ4v) is 4.65. The largest absolute Gasteiger partial charge is 0.296 e. The van der Waals surface area contributed by atoms with Crippen molar-refractivity contribution in [2.24, 2.45) is 5.41 Å². The van der Waals surface area contributed by atoms with Gasteiger partial charge in [0.2, 0.25) is 11.8 Å². The van der Waals surface area contributed by atoms with Gasteiger partial charge in [-0.05, 0) is 35.3 Å². The van der Waals surface area contributed by atoms with Crippen LogP contribution in [0, 0.1) is 5.41 Å². The molecule has 1 atom stereocenters. The lowest BCUT2D eigenvalue weighted by Gasteiger charge is -2.45. The number of piperidine rings is 1. The van der Waals surface area contributed by atoms with Gasteiger partial charge in [0.15, 0.2) is 0 Å². The van der Waals surface area contributed by atoms with Gasteiger partial charge in [-0.3, -0.25) is 14.9 Å². The highest BCUT2D eigenvalue weighted by atomic mass is 32.2. The van der Waals surface area contributed by atoms with Crippen LogP contribution in [0.25, 0.3) is 0 Å². The molecule has 19 heavy (non-hydrogen) atoms. The Morgan fingerprint density at radius 1 is 1.11 bits per heavy atom. The number of amides is 2. The molecule has 2 fully saturated rings. The molecule has 0 aromatic heterocycles. The highest BCUT2D eigenvalue weighted by Crippen LogP contribution is 2.50. The minimum Gasteiger partial charge on any atom is -0.296 e. The van der Waals surface area contributed by atoms with Gasteiger partial charge in [0.25, 0.3) is 0 Å². The second-order valence-electron chi connectivity index (χ2n) is 5.41. The van der Waals surface area contributed by atoms with Crippen LogP contribution in [-0.2, 0) is 9.59 Å². The summed E-state index contributed by atoms with van der Waals surface area (Å²) in [6.45, 7) is 0. The van der Waals surface area contributed by atoms with Crippen molar-refractivity contribution in [2.45, 2.75) is 25.2 Å². The smallest absolute Gasteiger partial charge is 0.234 e. The van der Waals surface area contributed by atoms with E-state index in [4.69, 9.17) is 0 Å². The molecular formula is C15H17NO2S. The van der Waals surface area contributed by atoms with Crippen molar-refractivity contribution >= 4 is 23.6 Å². The summed E-state index contributed by atoms with van der Waals surface area (Å²) in [7, 11) is 0. The monoisotopic (exact) mass is 275 g/mol. The van der Waals surface area contributed by atoms with Crippen LogP contribution in [0.5, 0.6) is 0 Å². The molecule has 100 valence electrons. The maximum atomic E-state index is 12.3. The summed E-state index contributed by atoms with van der Waals surface area (Å²) in [5.41, 5.74) is 0.880. The SMILES string of the molecule is O=C1CC2(CCSCC2)C(c2ccccc2)C(=O)N1. The molecule has 2 aliphatic heterocycles. The van der Waals surface area contributed by atoms with E-state index in [-0.39, 0.29) is 23.1 Å². The molecule has 0 bridgehead atoms. The zero-order valence-corrected chi connectivity index (χ0v) is 11.5. The third kappa shape index (κ3) is 2.29. The van der Waals surface area contributed by atoms with Gasteiger partial charge < -0.3 is 0 Å². The second-order valence-corrected chi connectivity index (χ2v) is 6.63. The summed E-state index contributed by atoms with van der Waals surface area (Å²) < 4.78 is 0. The van der Waals surface area contributed by atoms with Gasteiger partial charge in [0.1, 0.15) is 0 Å². The van der Waals surface area contributed by atoms with Gasteiger partial charge in [-0.25, -0.2) is 0 Å². The average Bonchev–Trinajstić information content (AvgIpc) is 2.39. The van der Waals surface area contributed by atoms with E-state index in [1.54, 1.807) is 0 Å². The van der Waals surface area contributed by atoms with Crippen molar-refractivity contribution < 1.29 is 9.59 Å². The number of carbonyl (C=O) groups excluding carboxylic acids is 2. The Balaban J connectivity index is 2.01. The Hall–Kier alpha value is -1.29. The Morgan fingerprint density at radius 3 is 2.47 bits per heavy atom. The van der Waals surface area contributed by atoms with Crippen molar-refractivity contribution in [1.82, 2.24) is 5.32 Å². The fraction of sp³-hybridized carbons (Fsp3) is 0.467. The number of nitrogens with one attached hydrogen (secondary N) is 1. The van der Waals surface area contributed by atoms with E-state index < -0.39 is 0 Å². The minimum absolute atomic E-state index is 0.107. The highest BCUT2D eigenvalue weighted by molar-refractivity contribution is 7.99. The lowest BCUT2D eigenvalue weighted by Crippen LogP contribution is -2.52. The van der Waals surface area contributed by atoms with Crippen molar-refractivity contribution in [2.75, 3.05) is 11.5 Å². The number of imide groups is 1. The molecule has 1 aromatic rings. The number of carbonyl (C=O) groups is 2. The Labute approximate surface area is 117 Å². The molecule has 2 saturated heterocycles. The van der Waals surface area contributed by atoms with E-state index in [9.17, 15) is 9.59 Å². The van der Waals surface area contributed by atoms with Gasteiger partial charge in [-0.15, -0.1) is 0 Å². The third-order valence-electron chi connectivity index (χ3n) is 4.27. The van der Waals surface area contributed by atoms with Crippen LogP contribution < -0.4 is 5.32 Å². The molecule has 1 spiro atoms. The predicted molar refractivity (Wildman–Crippen MR) is 75.9 cm³/mol. The molecule has 2 heterocycles. The molecule has 1 aromatic carbocycles. The van der Waals surface area contributed by atoms with Crippen LogP contribution in [0.15, 0.2) is 30.3 Å². The molecule has 1 N–H and O–H groups in total. The average molecular weight is 275 g/mol. The summed E-state index contributed by atoms with van der Waals surface area (Å²) in [6, 6.07) is 9.89. The molecule has 0 aliphatic carbocycles. The normalized spacial score (nSPS) is 26.2. The maximum Gasteiger partial charge on any atom is 0.234 e. The number of benzene rings is 1. The molecule has 0 radical (unpaired) electrons. The van der Waals surface area contributed by atoms with Crippen LogP contribution >= 0.6 is 11.8 Å². The Morgan fingerprint density at radius 2 is 1.79 bits per heavy atom. The first-order chi connectivity index (χ1) is 9.21. The first kappa shape index (κ1) is 12.7. The quantitative estimate of drug-likeness (QED) is 0.800. The molecule has 2 aliphatic rings. The third-order valence-corrected chi connectivity index (χ3v) is 5.26. The molecule has 3 rings (SSSR count). The van der Waals surface area contributed by atoms with Crippen molar-refractivity contribution in [1.29, 1.82) is 0 Å². The number of rotatable bonds is 1. The Bertz CT molecular complexity index is 494. The fourth-order valence-electron chi connectivity index (χ4n) is 3.35. The van der Waals surface area contributed by atoms with Crippen LogP contribution in [-0.4, -0.2) is 23.3 Å². The number of hydrogen-bond donors (Lipinski definition) is 1. The van der Waals surface area contributed by atoms with Crippen LogP contribution in [0.2, 0.25) is 0 Å². The zero-order chi connectivity index (χ0) is 13.3. The lowest BCUT2D eigenvalue weighted by atomic mass is 9.64. The van der Waals surface area contributed by atoms with Crippen molar-refractivity contribution in [3.8, 4) is 0 Å².